The Hall–Kier alpha value is -2.42. The number of hydrogen-bond acceptors (Lipinski definition) is 7. The number of benzene rings is 1. The summed E-state index contributed by atoms with van der Waals surface area (Å²) in [5, 5.41) is 23.9. The number of aromatic nitrogens is 1. The molecule has 0 bridgehead atoms. The molecule has 0 spiro atoms. The molecule has 28 heavy (non-hydrogen) atoms. The van der Waals surface area contributed by atoms with E-state index in [1.807, 2.05) is 35.2 Å². The van der Waals surface area contributed by atoms with Crippen molar-refractivity contribution in [2.75, 3.05) is 50.9 Å². The van der Waals surface area contributed by atoms with Crippen LogP contribution in [0.3, 0.4) is 0 Å². The molecule has 2 saturated heterocycles. The molecule has 0 saturated carbocycles. The first-order chi connectivity index (χ1) is 13.6. The summed E-state index contributed by atoms with van der Waals surface area (Å²) in [7, 11) is 0. The van der Waals surface area contributed by atoms with E-state index in [0.29, 0.717) is 69.4 Å². The second-order valence-electron chi connectivity index (χ2n) is 7.35. The maximum absolute atomic E-state index is 13.4. The van der Waals surface area contributed by atoms with Crippen molar-refractivity contribution in [2.24, 2.45) is 0 Å². The molecule has 1 amide bonds. The molecule has 0 radical (unpaired) electrons. The molecule has 1 aromatic heterocycles. The standard InChI is InChI=1S/C20H25N3O5/c24-14-20(26)6-8-23(9-7-20)19(25)16-17(15-4-2-1-3-5-15)28-21-18(16)22-10-12-27-13-11-22/h1-5,24,26H,6-14H2. The third-order valence-electron chi connectivity index (χ3n) is 5.51. The molecule has 0 aliphatic carbocycles. The van der Waals surface area contributed by atoms with Gasteiger partial charge in [0, 0.05) is 31.7 Å². The Morgan fingerprint density at radius 3 is 2.43 bits per heavy atom. The number of aliphatic hydroxyl groups is 2. The molecule has 2 aliphatic heterocycles. The van der Waals surface area contributed by atoms with Gasteiger partial charge in [0.2, 0.25) is 0 Å². The van der Waals surface area contributed by atoms with Crippen molar-refractivity contribution in [3.63, 3.8) is 0 Å². The minimum Gasteiger partial charge on any atom is -0.393 e. The van der Waals surface area contributed by atoms with E-state index in [9.17, 15) is 15.0 Å². The van der Waals surface area contributed by atoms with Crippen LogP contribution < -0.4 is 4.90 Å². The van der Waals surface area contributed by atoms with E-state index >= 15 is 0 Å². The van der Waals surface area contributed by atoms with Crippen LogP contribution in [0.15, 0.2) is 34.9 Å². The number of anilines is 1. The van der Waals surface area contributed by atoms with Crippen LogP contribution in [-0.2, 0) is 4.74 Å². The summed E-state index contributed by atoms with van der Waals surface area (Å²) in [6, 6.07) is 9.47. The summed E-state index contributed by atoms with van der Waals surface area (Å²) in [6.07, 6.45) is 0.683. The number of aliphatic hydroxyl groups excluding tert-OH is 1. The van der Waals surface area contributed by atoms with Gasteiger partial charge in [-0.05, 0) is 12.8 Å². The Bertz CT molecular complexity index is 809. The molecule has 2 aromatic rings. The maximum Gasteiger partial charge on any atom is 0.261 e. The Labute approximate surface area is 163 Å². The van der Waals surface area contributed by atoms with E-state index in [4.69, 9.17) is 9.26 Å². The molecule has 0 unspecified atom stereocenters. The van der Waals surface area contributed by atoms with Gasteiger partial charge in [0.25, 0.3) is 5.91 Å². The van der Waals surface area contributed by atoms with E-state index in [-0.39, 0.29) is 12.5 Å². The fourth-order valence-corrected chi connectivity index (χ4v) is 3.69. The summed E-state index contributed by atoms with van der Waals surface area (Å²) in [5.41, 5.74) is 0.130. The summed E-state index contributed by atoms with van der Waals surface area (Å²) >= 11 is 0. The van der Waals surface area contributed by atoms with Gasteiger partial charge in [0.05, 0.1) is 25.4 Å². The quantitative estimate of drug-likeness (QED) is 0.811. The molecule has 8 nitrogen and oxygen atoms in total. The van der Waals surface area contributed by atoms with Crippen LogP contribution in [0.4, 0.5) is 5.82 Å². The van der Waals surface area contributed by atoms with Crippen LogP contribution in [0.1, 0.15) is 23.2 Å². The molecule has 2 fully saturated rings. The summed E-state index contributed by atoms with van der Waals surface area (Å²) in [4.78, 5) is 17.2. The fourth-order valence-electron chi connectivity index (χ4n) is 3.69. The molecule has 0 atom stereocenters. The van der Waals surface area contributed by atoms with Crippen LogP contribution in [0.2, 0.25) is 0 Å². The van der Waals surface area contributed by atoms with Gasteiger partial charge in [-0.25, -0.2) is 0 Å². The SMILES string of the molecule is O=C(c1c(N2CCOCC2)noc1-c1ccccc1)N1CCC(O)(CO)CC1. The number of piperidine rings is 1. The van der Waals surface area contributed by atoms with Crippen LogP contribution in [-0.4, -0.2) is 77.8 Å². The number of rotatable bonds is 4. The molecular formula is C20H25N3O5. The van der Waals surface area contributed by atoms with Crippen molar-refractivity contribution in [2.45, 2.75) is 18.4 Å². The number of ether oxygens (including phenoxy) is 1. The van der Waals surface area contributed by atoms with Gasteiger partial charge in [-0.15, -0.1) is 0 Å². The highest BCUT2D eigenvalue weighted by Crippen LogP contribution is 2.34. The maximum atomic E-state index is 13.4. The predicted octanol–water partition coefficient (Wildman–Crippen LogP) is 1.14. The molecular weight excluding hydrogens is 362 g/mol. The molecule has 150 valence electrons. The Balaban J connectivity index is 1.67. The highest BCUT2D eigenvalue weighted by molar-refractivity contribution is 6.04. The lowest BCUT2D eigenvalue weighted by Crippen LogP contribution is -2.48. The van der Waals surface area contributed by atoms with Crippen LogP contribution in [0.5, 0.6) is 0 Å². The number of morpholine rings is 1. The van der Waals surface area contributed by atoms with Gasteiger partial charge in [0.1, 0.15) is 5.56 Å². The average Bonchev–Trinajstić information content (AvgIpc) is 3.20. The summed E-state index contributed by atoms with van der Waals surface area (Å²) < 4.78 is 11.1. The fraction of sp³-hybridized carbons (Fsp3) is 0.500. The van der Waals surface area contributed by atoms with Crippen molar-refractivity contribution in [3.05, 3.63) is 35.9 Å². The normalized spacial score (nSPS) is 19.6. The molecule has 4 rings (SSSR count). The van der Waals surface area contributed by atoms with Gasteiger partial charge in [-0.1, -0.05) is 35.5 Å². The van der Waals surface area contributed by atoms with Gasteiger partial charge in [-0.3, -0.25) is 4.79 Å². The van der Waals surface area contributed by atoms with Gasteiger partial charge in [0.15, 0.2) is 11.6 Å². The molecule has 2 N–H and O–H groups in total. The van der Waals surface area contributed by atoms with Gasteiger partial charge < -0.3 is 29.3 Å². The molecule has 8 heteroatoms. The average molecular weight is 387 g/mol. The number of amides is 1. The Morgan fingerprint density at radius 1 is 1.11 bits per heavy atom. The molecule has 3 heterocycles. The largest absolute Gasteiger partial charge is 0.393 e. The third-order valence-corrected chi connectivity index (χ3v) is 5.51. The van der Waals surface area contributed by atoms with E-state index in [1.54, 1.807) is 4.90 Å². The monoisotopic (exact) mass is 387 g/mol. The Kier molecular flexibility index (Phi) is 5.34. The van der Waals surface area contributed by atoms with Crippen LogP contribution in [0, 0.1) is 0 Å². The molecule has 1 aromatic carbocycles. The van der Waals surface area contributed by atoms with Crippen molar-refractivity contribution >= 4 is 11.7 Å². The lowest BCUT2D eigenvalue weighted by atomic mass is 9.92. The van der Waals surface area contributed by atoms with Crippen molar-refractivity contribution in [3.8, 4) is 11.3 Å². The first-order valence-electron chi connectivity index (χ1n) is 9.62. The second kappa shape index (κ2) is 7.90. The highest BCUT2D eigenvalue weighted by atomic mass is 16.5. The minimum absolute atomic E-state index is 0.165. The number of hydrogen-bond donors (Lipinski definition) is 2. The van der Waals surface area contributed by atoms with Crippen LogP contribution >= 0.6 is 0 Å². The zero-order chi connectivity index (χ0) is 19.6. The van der Waals surface area contributed by atoms with E-state index in [2.05, 4.69) is 5.16 Å². The lowest BCUT2D eigenvalue weighted by Gasteiger charge is -2.37. The highest BCUT2D eigenvalue weighted by Gasteiger charge is 2.37. The third kappa shape index (κ3) is 3.63. The second-order valence-corrected chi connectivity index (χ2v) is 7.35. The first kappa shape index (κ1) is 18.9. The predicted molar refractivity (Wildman–Crippen MR) is 102 cm³/mol. The Morgan fingerprint density at radius 2 is 1.79 bits per heavy atom. The number of likely N-dealkylation sites (tertiary alicyclic amines) is 1. The number of carbonyl (C=O) groups excluding carboxylic acids is 1. The van der Waals surface area contributed by atoms with Crippen LogP contribution in [0.25, 0.3) is 11.3 Å². The number of carbonyl (C=O) groups is 1. The molecule has 2 aliphatic rings. The smallest absolute Gasteiger partial charge is 0.261 e. The topological polar surface area (TPSA) is 99.3 Å². The minimum atomic E-state index is -1.11. The lowest BCUT2D eigenvalue weighted by molar-refractivity contribution is -0.0546. The van der Waals surface area contributed by atoms with E-state index in [1.165, 1.54) is 0 Å². The zero-order valence-electron chi connectivity index (χ0n) is 15.7. The van der Waals surface area contributed by atoms with Gasteiger partial charge in [-0.2, -0.15) is 0 Å². The van der Waals surface area contributed by atoms with Crippen molar-refractivity contribution in [1.82, 2.24) is 10.1 Å². The zero-order valence-corrected chi connectivity index (χ0v) is 15.7. The van der Waals surface area contributed by atoms with E-state index < -0.39 is 5.60 Å². The number of nitrogens with zero attached hydrogens (tertiary/aromatic N) is 3. The van der Waals surface area contributed by atoms with Crippen molar-refractivity contribution in [1.29, 1.82) is 0 Å². The summed E-state index contributed by atoms with van der Waals surface area (Å²) in [6.45, 7) is 2.89. The van der Waals surface area contributed by atoms with Crippen molar-refractivity contribution < 1.29 is 24.3 Å². The van der Waals surface area contributed by atoms with E-state index in [0.717, 1.165) is 5.56 Å². The summed E-state index contributed by atoms with van der Waals surface area (Å²) in [5.74, 6) is 0.826. The first-order valence-corrected chi connectivity index (χ1v) is 9.62. The van der Waals surface area contributed by atoms with Gasteiger partial charge >= 0.3 is 0 Å².